The second-order valence-corrected chi connectivity index (χ2v) is 4.46. The highest BCUT2D eigenvalue weighted by Gasteiger charge is 2.25. The van der Waals surface area contributed by atoms with Crippen molar-refractivity contribution in [1.82, 2.24) is 19.5 Å². The maximum absolute atomic E-state index is 11.6. The summed E-state index contributed by atoms with van der Waals surface area (Å²) >= 11 is 0. The fourth-order valence-electron chi connectivity index (χ4n) is 2.56. The summed E-state index contributed by atoms with van der Waals surface area (Å²) < 4.78 is 1.94. The number of rotatable bonds is 3. The highest BCUT2D eigenvalue weighted by Crippen LogP contribution is 2.33. The number of hydrogen-bond acceptors (Lipinski definition) is 4. The van der Waals surface area contributed by atoms with Gasteiger partial charge in [0.1, 0.15) is 0 Å². The summed E-state index contributed by atoms with van der Waals surface area (Å²) in [4.78, 5) is 22.4. The molecule has 0 amide bonds. The Labute approximate surface area is 103 Å². The fraction of sp³-hybridized carbons (Fsp3) is 0.417. The predicted octanol–water partition coefficient (Wildman–Crippen LogP) is 0.619. The zero-order valence-electron chi connectivity index (χ0n) is 9.78. The van der Waals surface area contributed by atoms with Crippen molar-refractivity contribution in [1.29, 1.82) is 0 Å². The third-order valence-corrected chi connectivity index (χ3v) is 3.44. The lowest BCUT2D eigenvalue weighted by Crippen LogP contribution is -2.16. The van der Waals surface area contributed by atoms with E-state index in [9.17, 15) is 4.79 Å². The van der Waals surface area contributed by atoms with Gasteiger partial charge in [0, 0.05) is 18.6 Å². The molecule has 2 atom stereocenters. The lowest BCUT2D eigenvalue weighted by molar-refractivity contribution is 0.250. The van der Waals surface area contributed by atoms with Crippen LogP contribution in [0.2, 0.25) is 0 Å². The Balaban J connectivity index is 2.05. The molecular weight excluding hydrogens is 232 g/mol. The molecule has 2 heterocycles. The number of aliphatic hydroxyl groups is 1. The highest BCUT2D eigenvalue weighted by atomic mass is 16.3. The van der Waals surface area contributed by atoms with Crippen LogP contribution in [0.3, 0.4) is 0 Å². The summed E-state index contributed by atoms with van der Waals surface area (Å²) in [5.74, 6) is 0.272. The summed E-state index contributed by atoms with van der Waals surface area (Å²) in [6.07, 6.45) is 8.86. The van der Waals surface area contributed by atoms with E-state index in [-0.39, 0.29) is 24.1 Å². The van der Waals surface area contributed by atoms with Crippen LogP contribution in [-0.4, -0.2) is 31.2 Å². The van der Waals surface area contributed by atoms with Gasteiger partial charge in [-0.15, -0.1) is 0 Å². The van der Waals surface area contributed by atoms with E-state index < -0.39 is 0 Å². The van der Waals surface area contributed by atoms with Crippen LogP contribution in [0.5, 0.6) is 0 Å². The molecule has 2 aromatic rings. The Morgan fingerprint density at radius 1 is 1.50 bits per heavy atom. The number of allylic oxidation sites excluding steroid dienone is 2. The van der Waals surface area contributed by atoms with Gasteiger partial charge in [0.25, 0.3) is 5.56 Å². The van der Waals surface area contributed by atoms with Crippen molar-refractivity contribution in [3.05, 3.63) is 35.2 Å². The molecule has 0 bridgehead atoms. The van der Waals surface area contributed by atoms with Crippen LogP contribution in [0.1, 0.15) is 18.9 Å². The number of imidazole rings is 1. The molecule has 0 saturated heterocycles. The average molecular weight is 246 g/mol. The van der Waals surface area contributed by atoms with E-state index in [2.05, 4.69) is 27.1 Å². The topological polar surface area (TPSA) is 83.8 Å². The summed E-state index contributed by atoms with van der Waals surface area (Å²) in [5.41, 5.74) is 0.756. The summed E-state index contributed by atoms with van der Waals surface area (Å²) in [6, 6.07) is 0.191. The van der Waals surface area contributed by atoms with Gasteiger partial charge in [-0.1, -0.05) is 12.2 Å². The second kappa shape index (κ2) is 4.38. The minimum Gasteiger partial charge on any atom is -0.396 e. The van der Waals surface area contributed by atoms with Gasteiger partial charge >= 0.3 is 0 Å². The van der Waals surface area contributed by atoms with Crippen LogP contribution in [0.4, 0.5) is 0 Å². The molecule has 18 heavy (non-hydrogen) atoms. The molecule has 3 rings (SSSR count). The Bertz CT molecular complexity index is 643. The van der Waals surface area contributed by atoms with E-state index in [1.807, 2.05) is 4.57 Å². The fourth-order valence-corrected chi connectivity index (χ4v) is 2.56. The molecule has 2 aromatic heterocycles. The number of aromatic nitrogens is 4. The number of aromatic amines is 1. The molecule has 0 aliphatic heterocycles. The zero-order valence-corrected chi connectivity index (χ0v) is 9.78. The maximum Gasteiger partial charge on any atom is 0.278 e. The second-order valence-electron chi connectivity index (χ2n) is 4.46. The number of aliphatic hydroxyl groups excluding tert-OH is 1. The van der Waals surface area contributed by atoms with Gasteiger partial charge in [-0.25, -0.2) is 9.97 Å². The molecule has 0 saturated carbocycles. The third kappa shape index (κ3) is 1.65. The van der Waals surface area contributed by atoms with Crippen LogP contribution < -0.4 is 5.56 Å². The van der Waals surface area contributed by atoms with Gasteiger partial charge in [0.15, 0.2) is 11.2 Å². The first-order valence-corrected chi connectivity index (χ1v) is 5.99. The average Bonchev–Trinajstić information content (AvgIpc) is 2.96. The van der Waals surface area contributed by atoms with Crippen LogP contribution in [0.25, 0.3) is 11.2 Å². The van der Waals surface area contributed by atoms with E-state index in [4.69, 9.17) is 5.11 Å². The molecule has 6 heteroatoms. The normalized spacial score (nSPS) is 22.9. The van der Waals surface area contributed by atoms with Crippen molar-refractivity contribution in [3.63, 3.8) is 0 Å². The molecule has 2 N–H and O–H groups in total. The molecule has 1 aliphatic carbocycles. The van der Waals surface area contributed by atoms with E-state index in [1.54, 1.807) is 6.33 Å². The van der Waals surface area contributed by atoms with Crippen molar-refractivity contribution in [2.45, 2.75) is 18.9 Å². The van der Waals surface area contributed by atoms with E-state index in [0.29, 0.717) is 17.6 Å². The number of fused-ring (bicyclic) bond motifs is 1. The van der Waals surface area contributed by atoms with Crippen molar-refractivity contribution in [2.24, 2.45) is 5.92 Å². The Morgan fingerprint density at radius 3 is 3.22 bits per heavy atom. The summed E-state index contributed by atoms with van der Waals surface area (Å²) in [7, 11) is 0. The van der Waals surface area contributed by atoms with Gasteiger partial charge in [-0.2, -0.15) is 0 Å². The van der Waals surface area contributed by atoms with Gasteiger partial charge in [0.2, 0.25) is 0 Å². The van der Waals surface area contributed by atoms with Crippen molar-refractivity contribution >= 4 is 11.2 Å². The van der Waals surface area contributed by atoms with Crippen LogP contribution >= 0.6 is 0 Å². The molecule has 0 spiro atoms. The molecular formula is C12H14N4O2. The molecule has 1 aliphatic rings. The van der Waals surface area contributed by atoms with Crippen LogP contribution in [-0.2, 0) is 0 Å². The quantitative estimate of drug-likeness (QED) is 0.777. The Morgan fingerprint density at radius 2 is 2.39 bits per heavy atom. The first kappa shape index (κ1) is 11.2. The van der Waals surface area contributed by atoms with E-state index in [0.717, 1.165) is 6.42 Å². The van der Waals surface area contributed by atoms with E-state index >= 15 is 0 Å². The predicted molar refractivity (Wildman–Crippen MR) is 66.1 cm³/mol. The first-order chi connectivity index (χ1) is 8.81. The van der Waals surface area contributed by atoms with Crippen LogP contribution in [0.15, 0.2) is 29.6 Å². The van der Waals surface area contributed by atoms with Gasteiger partial charge < -0.3 is 14.7 Å². The monoisotopic (exact) mass is 246 g/mol. The molecule has 0 radical (unpaired) electrons. The molecule has 0 aromatic carbocycles. The molecule has 0 unspecified atom stereocenters. The lowest BCUT2D eigenvalue weighted by atomic mass is 10.00. The van der Waals surface area contributed by atoms with Crippen molar-refractivity contribution in [3.8, 4) is 0 Å². The SMILES string of the molecule is O=c1[nH]cnc2c1ncn2[C@@H]1CC=C[C@@H]1CCO. The third-order valence-electron chi connectivity index (χ3n) is 3.44. The van der Waals surface area contributed by atoms with Crippen LogP contribution in [0, 0.1) is 5.92 Å². The summed E-state index contributed by atoms with van der Waals surface area (Å²) in [6.45, 7) is 0.159. The highest BCUT2D eigenvalue weighted by molar-refractivity contribution is 5.69. The van der Waals surface area contributed by atoms with E-state index in [1.165, 1.54) is 6.33 Å². The lowest BCUT2D eigenvalue weighted by Gasteiger charge is -2.20. The molecule has 6 nitrogen and oxygen atoms in total. The smallest absolute Gasteiger partial charge is 0.278 e. The minimum atomic E-state index is -0.219. The maximum atomic E-state index is 11.6. The number of nitrogens with zero attached hydrogens (tertiary/aromatic N) is 3. The number of H-pyrrole nitrogens is 1. The number of nitrogens with one attached hydrogen (secondary N) is 1. The Hall–Kier alpha value is -1.95. The zero-order chi connectivity index (χ0) is 12.5. The minimum absolute atomic E-state index is 0.159. The van der Waals surface area contributed by atoms with Crippen molar-refractivity contribution < 1.29 is 5.11 Å². The molecule has 94 valence electrons. The standard InChI is InChI=1S/C12H14N4O2/c17-5-4-8-2-1-3-9(8)16-7-15-10-11(16)13-6-14-12(10)18/h1-2,6-9,17H,3-5H2,(H,13,14,18)/t8-,9-/m1/s1. The molecule has 0 fully saturated rings. The Kier molecular flexibility index (Phi) is 2.71. The van der Waals surface area contributed by atoms with Gasteiger partial charge in [0.05, 0.1) is 12.7 Å². The first-order valence-electron chi connectivity index (χ1n) is 5.99. The number of hydrogen-bond donors (Lipinski definition) is 2. The largest absolute Gasteiger partial charge is 0.396 e. The summed E-state index contributed by atoms with van der Waals surface area (Å²) in [5, 5.41) is 9.07. The van der Waals surface area contributed by atoms with Gasteiger partial charge in [-0.05, 0) is 12.8 Å². The van der Waals surface area contributed by atoms with Gasteiger partial charge in [-0.3, -0.25) is 4.79 Å². The van der Waals surface area contributed by atoms with Crippen molar-refractivity contribution in [2.75, 3.05) is 6.61 Å².